The first kappa shape index (κ1) is 31.0. The number of hydrogen-bond donors (Lipinski definition) is 1. The summed E-state index contributed by atoms with van der Waals surface area (Å²) in [6, 6.07) is 22.7. The van der Waals surface area contributed by atoms with Crippen LogP contribution in [0.4, 0.5) is 5.69 Å². The molecule has 0 bridgehead atoms. The Kier molecular flexibility index (Phi) is 11.4. The number of halogens is 1. The number of rotatable bonds is 14. The van der Waals surface area contributed by atoms with Crippen LogP contribution in [0.1, 0.15) is 30.9 Å². The number of methoxy groups -OCH3 is 1. The summed E-state index contributed by atoms with van der Waals surface area (Å²) in [4.78, 5) is 28.6. The predicted molar refractivity (Wildman–Crippen MR) is 159 cm³/mol. The van der Waals surface area contributed by atoms with Crippen molar-refractivity contribution in [3.05, 3.63) is 95.0 Å². The van der Waals surface area contributed by atoms with Crippen LogP contribution in [-0.4, -0.2) is 57.6 Å². The van der Waals surface area contributed by atoms with E-state index in [4.69, 9.17) is 16.3 Å². The zero-order valence-electron chi connectivity index (χ0n) is 23.0. The molecule has 3 rings (SSSR count). The molecule has 214 valence electrons. The molecule has 0 radical (unpaired) electrons. The standard InChI is InChI=1S/C30H36ClN3O5S/c1-4-32-30(36)28(20-23-12-6-5-7-13-23)33(22-24-14-8-9-17-27(24)31)29(35)18-11-19-34(40(3,37)38)25-15-10-16-26(21-25)39-2/h5-10,12-17,21,28H,4,11,18-20,22H2,1-3H3,(H,32,36)/t28-/m0/s1. The molecule has 0 aliphatic rings. The number of amides is 2. The molecule has 0 aliphatic carbocycles. The summed E-state index contributed by atoms with van der Waals surface area (Å²) < 4.78 is 31.7. The molecule has 8 nitrogen and oxygen atoms in total. The van der Waals surface area contributed by atoms with E-state index in [9.17, 15) is 18.0 Å². The van der Waals surface area contributed by atoms with Crippen molar-refractivity contribution < 1.29 is 22.7 Å². The molecule has 3 aromatic rings. The highest BCUT2D eigenvalue weighted by Gasteiger charge is 2.30. The highest BCUT2D eigenvalue weighted by molar-refractivity contribution is 7.92. The van der Waals surface area contributed by atoms with Crippen LogP contribution in [0.5, 0.6) is 5.75 Å². The number of sulfonamides is 1. The second kappa shape index (κ2) is 14.7. The molecular formula is C30H36ClN3O5S. The maximum absolute atomic E-state index is 13.8. The van der Waals surface area contributed by atoms with Crippen LogP contribution in [0.3, 0.4) is 0 Å². The van der Waals surface area contributed by atoms with Crippen LogP contribution in [0.25, 0.3) is 0 Å². The molecule has 0 fully saturated rings. The summed E-state index contributed by atoms with van der Waals surface area (Å²) in [5.74, 6) is -0.00840. The zero-order chi connectivity index (χ0) is 29.1. The molecule has 1 N–H and O–H groups in total. The van der Waals surface area contributed by atoms with Crippen LogP contribution in [0.2, 0.25) is 5.02 Å². The van der Waals surface area contributed by atoms with Gasteiger partial charge in [0.15, 0.2) is 0 Å². The van der Waals surface area contributed by atoms with E-state index in [0.29, 0.717) is 35.0 Å². The van der Waals surface area contributed by atoms with Gasteiger partial charge in [-0.3, -0.25) is 13.9 Å². The Hall–Kier alpha value is -3.56. The quantitative estimate of drug-likeness (QED) is 0.297. The fourth-order valence-corrected chi connectivity index (χ4v) is 5.58. The first-order valence-corrected chi connectivity index (χ1v) is 15.3. The van der Waals surface area contributed by atoms with Crippen LogP contribution < -0.4 is 14.4 Å². The van der Waals surface area contributed by atoms with Crippen LogP contribution in [-0.2, 0) is 32.6 Å². The SMILES string of the molecule is CCNC(=O)[C@H](Cc1ccccc1)N(Cc1ccccc1Cl)C(=O)CCCN(c1cccc(OC)c1)S(C)(=O)=O. The molecule has 0 saturated heterocycles. The van der Waals surface area contributed by atoms with Gasteiger partial charge < -0.3 is 15.0 Å². The fraction of sp³-hybridized carbons (Fsp3) is 0.333. The van der Waals surface area contributed by atoms with Gasteiger partial charge in [-0.25, -0.2) is 8.42 Å². The van der Waals surface area contributed by atoms with E-state index in [1.165, 1.54) is 11.4 Å². The molecule has 40 heavy (non-hydrogen) atoms. The molecule has 1 atom stereocenters. The Bertz CT molecular complexity index is 1380. The van der Waals surface area contributed by atoms with Gasteiger partial charge in [0.1, 0.15) is 11.8 Å². The highest BCUT2D eigenvalue weighted by atomic mass is 35.5. The van der Waals surface area contributed by atoms with Gasteiger partial charge in [0.2, 0.25) is 21.8 Å². The van der Waals surface area contributed by atoms with Crippen molar-refractivity contribution >= 4 is 39.1 Å². The molecule has 10 heteroatoms. The second-order valence-corrected chi connectivity index (χ2v) is 11.7. The number of anilines is 1. The van der Waals surface area contributed by atoms with Crippen molar-refractivity contribution in [3.63, 3.8) is 0 Å². The van der Waals surface area contributed by atoms with E-state index in [-0.39, 0.29) is 37.7 Å². The lowest BCUT2D eigenvalue weighted by Crippen LogP contribution is -2.50. The van der Waals surface area contributed by atoms with Gasteiger partial charge in [-0.05, 0) is 42.7 Å². The Morgan fingerprint density at radius 2 is 1.70 bits per heavy atom. The first-order chi connectivity index (χ1) is 19.1. The third-order valence-corrected chi connectivity index (χ3v) is 7.98. The Morgan fingerprint density at radius 1 is 1.00 bits per heavy atom. The summed E-state index contributed by atoms with van der Waals surface area (Å²) in [6.45, 7) is 2.47. The normalized spacial score (nSPS) is 11.9. The minimum absolute atomic E-state index is 0.0329. The molecule has 3 aromatic carbocycles. The number of likely N-dealkylation sites (N-methyl/N-ethyl adjacent to an activating group) is 1. The number of nitrogens with one attached hydrogen (secondary N) is 1. The van der Waals surface area contributed by atoms with E-state index >= 15 is 0 Å². The molecule has 0 unspecified atom stereocenters. The van der Waals surface area contributed by atoms with Gasteiger partial charge in [0.05, 0.1) is 19.1 Å². The number of carbonyl (C=O) groups excluding carboxylic acids is 2. The van der Waals surface area contributed by atoms with Crippen molar-refractivity contribution in [1.82, 2.24) is 10.2 Å². The summed E-state index contributed by atoms with van der Waals surface area (Å²) in [5.41, 5.74) is 2.08. The maximum atomic E-state index is 13.8. The van der Waals surface area contributed by atoms with Crippen molar-refractivity contribution in [2.24, 2.45) is 0 Å². The van der Waals surface area contributed by atoms with E-state index in [1.54, 1.807) is 35.2 Å². The van der Waals surface area contributed by atoms with E-state index in [2.05, 4.69) is 5.32 Å². The lowest BCUT2D eigenvalue weighted by atomic mass is 10.0. The van der Waals surface area contributed by atoms with Gasteiger partial charge in [0.25, 0.3) is 0 Å². The molecule has 2 amide bonds. The summed E-state index contributed by atoms with van der Waals surface area (Å²) in [6.07, 6.45) is 1.73. The maximum Gasteiger partial charge on any atom is 0.243 e. The smallest absolute Gasteiger partial charge is 0.243 e. The van der Waals surface area contributed by atoms with Gasteiger partial charge in [0, 0.05) is 43.6 Å². The number of carbonyl (C=O) groups is 2. The largest absolute Gasteiger partial charge is 0.497 e. The second-order valence-electron chi connectivity index (χ2n) is 9.35. The van der Waals surface area contributed by atoms with Gasteiger partial charge in [-0.15, -0.1) is 0 Å². The monoisotopic (exact) mass is 585 g/mol. The number of hydrogen-bond acceptors (Lipinski definition) is 5. The molecular weight excluding hydrogens is 550 g/mol. The van der Waals surface area contributed by atoms with Gasteiger partial charge in [-0.2, -0.15) is 0 Å². The number of nitrogens with zero attached hydrogens (tertiary/aromatic N) is 2. The average Bonchev–Trinajstić information content (AvgIpc) is 2.93. The van der Waals surface area contributed by atoms with E-state index < -0.39 is 16.1 Å². The molecule has 0 spiro atoms. The van der Waals surface area contributed by atoms with Gasteiger partial charge >= 0.3 is 0 Å². The number of ether oxygens (including phenoxy) is 1. The lowest BCUT2D eigenvalue weighted by molar-refractivity contribution is -0.141. The van der Waals surface area contributed by atoms with Crippen molar-refractivity contribution in [2.45, 2.75) is 38.8 Å². The molecule has 0 aromatic heterocycles. The summed E-state index contributed by atoms with van der Waals surface area (Å²) in [7, 11) is -2.11. The van der Waals surface area contributed by atoms with E-state index in [0.717, 1.165) is 11.8 Å². The zero-order valence-corrected chi connectivity index (χ0v) is 24.6. The molecule has 0 saturated carbocycles. The Balaban J connectivity index is 1.87. The highest BCUT2D eigenvalue weighted by Crippen LogP contribution is 2.25. The minimum atomic E-state index is -3.62. The van der Waals surface area contributed by atoms with Crippen LogP contribution in [0, 0.1) is 0 Å². The Labute approximate surface area is 241 Å². The lowest BCUT2D eigenvalue weighted by Gasteiger charge is -2.32. The topological polar surface area (TPSA) is 96.0 Å². The van der Waals surface area contributed by atoms with Crippen molar-refractivity contribution in [3.8, 4) is 5.75 Å². The summed E-state index contributed by atoms with van der Waals surface area (Å²) >= 11 is 6.45. The first-order valence-electron chi connectivity index (χ1n) is 13.1. The summed E-state index contributed by atoms with van der Waals surface area (Å²) in [5, 5.41) is 3.36. The Morgan fingerprint density at radius 3 is 2.35 bits per heavy atom. The predicted octanol–water partition coefficient (Wildman–Crippen LogP) is 4.67. The van der Waals surface area contributed by atoms with Crippen LogP contribution in [0.15, 0.2) is 78.9 Å². The van der Waals surface area contributed by atoms with Crippen molar-refractivity contribution in [2.75, 3.05) is 30.8 Å². The number of benzene rings is 3. The van der Waals surface area contributed by atoms with Gasteiger partial charge in [-0.1, -0.05) is 66.2 Å². The fourth-order valence-electron chi connectivity index (χ4n) is 4.43. The van der Waals surface area contributed by atoms with Crippen molar-refractivity contribution in [1.29, 1.82) is 0 Å². The minimum Gasteiger partial charge on any atom is -0.497 e. The average molecular weight is 586 g/mol. The van der Waals surface area contributed by atoms with E-state index in [1.807, 2.05) is 55.5 Å². The molecule has 0 aliphatic heterocycles. The third kappa shape index (κ3) is 8.72. The third-order valence-electron chi connectivity index (χ3n) is 6.41. The molecule has 0 heterocycles. The van der Waals surface area contributed by atoms with Crippen LogP contribution >= 0.6 is 11.6 Å².